The first-order valence-corrected chi connectivity index (χ1v) is 14.0. The molecule has 5 rings (SSSR count). The molecule has 0 atom stereocenters. The van der Waals surface area contributed by atoms with Crippen molar-refractivity contribution in [3.8, 4) is 0 Å². The Morgan fingerprint density at radius 1 is 0.974 bits per heavy atom. The van der Waals surface area contributed by atoms with Crippen LogP contribution in [0.5, 0.6) is 0 Å². The number of ketones is 1. The van der Waals surface area contributed by atoms with Gasteiger partial charge in [0.15, 0.2) is 12.4 Å². The lowest BCUT2D eigenvalue weighted by molar-refractivity contribution is -0.117. The van der Waals surface area contributed by atoms with Crippen molar-refractivity contribution in [3.05, 3.63) is 101 Å². The van der Waals surface area contributed by atoms with E-state index >= 15 is 0 Å². The van der Waals surface area contributed by atoms with Crippen LogP contribution in [0.2, 0.25) is 0 Å². The summed E-state index contributed by atoms with van der Waals surface area (Å²) < 4.78 is 33.6. The van der Waals surface area contributed by atoms with Crippen LogP contribution in [0.25, 0.3) is 0 Å². The molecule has 0 fully saturated rings. The third-order valence-corrected chi connectivity index (χ3v) is 9.12. The summed E-state index contributed by atoms with van der Waals surface area (Å²) in [5, 5.41) is 0. The van der Waals surface area contributed by atoms with Crippen LogP contribution in [0.3, 0.4) is 0 Å². The molecule has 0 aliphatic carbocycles. The molecule has 0 saturated heterocycles. The molecule has 2 heterocycles. The fourth-order valence-corrected chi connectivity index (χ4v) is 6.92. The molecule has 0 spiro atoms. The number of hydrogen-bond donors (Lipinski definition) is 0. The van der Waals surface area contributed by atoms with Gasteiger partial charge in [-0.2, -0.15) is 0 Å². The highest BCUT2D eigenvalue weighted by atomic mass is 32.2. The molecule has 7 nitrogen and oxygen atoms in total. The zero-order chi connectivity index (χ0) is 27.1. The number of nitrogens with zero attached hydrogens (tertiary/aromatic N) is 2. The average molecular weight is 531 g/mol. The highest BCUT2D eigenvalue weighted by Gasteiger charge is 2.38. The minimum absolute atomic E-state index is 0.00388. The largest absolute Gasteiger partial charge is 0.454 e. The highest BCUT2D eigenvalue weighted by molar-refractivity contribution is 7.92. The molecule has 8 heteroatoms. The Balaban J connectivity index is 1.30. The fourth-order valence-electron chi connectivity index (χ4n) is 5.33. The summed E-state index contributed by atoms with van der Waals surface area (Å²) in [7, 11) is -1.97. The SMILES string of the molecule is CN1C(=CC(=O)COC(=O)c2cccc(S(=O)(=O)N3CCCc4ccccc43)c2)C(C)(C)c2ccccc21. The summed E-state index contributed by atoms with van der Waals surface area (Å²) in [6, 6.07) is 21.2. The van der Waals surface area contributed by atoms with Crippen molar-refractivity contribution in [2.45, 2.75) is 37.0 Å². The quantitative estimate of drug-likeness (QED) is 0.334. The minimum Gasteiger partial charge on any atom is -0.454 e. The number of rotatable bonds is 6. The summed E-state index contributed by atoms with van der Waals surface area (Å²) in [6.07, 6.45) is 3.05. The smallest absolute Gasteiger partial charge is 0.338 e. The topological polar surface area (TPSA) is 84.0 Å². The molecule has 38 heavy (non-hydrogen) atoms. The molecule has 0 unspecified atom stereocenters. The van der Waals surface area contributed by atoms with Gasteiger partial charge >= 0.3 is 5.97 Å². The summed E-state index contributed by atoms with van der Waals surface area (Å²) in [5.41, 5.74) is 4.30. The van der Waals surface area contributed by atoms with Crippen molar-refractivity contribution in [1.29, 1.82) is 0 Å². The van der Waals surface area contributed by atoms with E-state index in [0.717, 1.165) is 28.9 Å². The van der Waals surface area contributed by atoms with E-state index in [2.05, 4.69) is 0 Å². The second-order valence-corrected chi connectivity index (χ2v) is 12.0. The van der Waals surface area contributed by atoms with Crippen molar-refractivity contribution < 1.29 is 22.7 Å². The number of sulfonamides is 1. The van der Waals surface area contributed by atoms with E-state index < -0.39 is 22.6 Å². The number of likely N-dealkylation sites (N-methyl/N-ethyl adjacent to an activating group) is 1. The van der Waals surface area contributed by atoms with E-state index in [4.69, 9.17) is 4.74 Å². The minimum atomic E-state index is -3.88. The average Bonchev–Trinajstić information content (AvgIpc) is 3.12. The van der Waals surface area contributed by atoms with Crippen molar-refractivity contribution in [3.63, 3.8) is 0 Å². The number of benzene rings is 3. The van der Waals surface area contributed by atoms with Gasteiger partial charge in [0.1, 0.15) is 0 Å². The number of anilines is 2. The number of carbonyl (C=O) groups excluding carboxylic acids is 2. The Morgan fingerprint density at radius 3 is 2.45 bits per heavy atom. The fraction of sp³-hybridized carbons (Fsp3) is 0.267. The van der Waals surface area contributed by atoms with Gasteiger partial charge in [0.2, 0.25) is 0 Å². The van der Waals surface area contributed by atoms with Crippen molar-refractivity contribution in [1.82, 2.24) is 0 Å². The third-order valence-electron chi connectivity index (χ3n) is 7.31. The number of fused-ring (bicyclic) bond motifs is 2. The van der Waals surface area contributed by atoms with E-state index in [9.17, 15) is 18.0 Å². The van der Waals surface area contributed by atoms with Gasteiger partial charge < -0.3 is 9.64 Å². The number of allylic oxidation sites excluding steroid dienone is 1. The van der Waals surface area contributed by atoms with E-state index in [-0.39, 0.29) is 21.7 Å². The van der Waals surface area contributed by atoms with E-state index in [1.807, 2.05) is 68.3 Å². The molecule has 0 N–H and O–H groups in total. The Morgan fingerprint density at radius 2 is 1.68 bits per heavy atom. The molecular weight excluding hydrogens is 500 g/mol. The predicted molar refractivity (Wildman–Crippen MR) is 147 cm³/mol. The van der Waals surface area contributed by atoms with Gasteiger partial charge in [-0.15, -0.1) is 0 Å². The van der Waals surface area contributed by atoms with Crippen LogP contribution in [-0.4, -0.2) is 40.4 Å². The van der Waals surface area contributed by atoms with Crippen LogP contribution in [0.15, 0.2) is 89.5 Å². The zero-order valence-corrected chi connectivity index (χ0v) is 22.5. The lowest BCUT2D eigenvalue weighted by atomic mass is 9.83. The van der Waals surface area contributed by atoms with Crippen LogP contribution in [0, 0.1) is 0 Å². The molecular formula is C30H30N2O5S. The Hall–Kier alpha value is -3.91. The maximum Gasteiger partial charge on any atom is 0.338 e. The molecule has 0 amide bonds. The monoisotopic (exact) mass is 530 g/mol. The lowest BCUT2D eigenvalue weighted by Gasteiger charge is -2.30. The second kappa shape index (κ2) is 9.76. The van der Waals surface area contributed by atoms with Crippen LogP contribution < -0.4 is 9.21 Å². The van der Waals surface area contributed by atoms with Crippen LogP contribution >= 0.6 is 0 Å². The van der Waals surface area contributed by atoms with Crippen molar-refractivity contribution >= 4 is 33.2 Å². The van der Waals surface area contributed by atoms with Gasteiger partial charge in [0.25, 0.3) is 10.0 Å². The maximum absolute atomic E-state index is 13.5. The molecule has 3 aromatic rings. The summed E-state index contributed by atoms with van der Waals surface area (Å²) in [5.74, 6) is -1.11. The predicted octanol–water partition coefficient (Wildman–Crippen LogP) is 4.87. The lowest BCUT2D eigenvalue weighted by Crippen LogP contribution is -2.35. The summed E-state index contributed by atoms with van der Waals surface area (Å²) in [4.78, 5) is 27.6. The molecule has 2 aliphatic rings. The van der Waals surface area contributed by atoms with Gasteiger partial charge in [-0.3, -0.25) is 9.10 Å². The highest BCUT2D eigenvalue weighted by Crippen LogP contribution is 2.46. The standard InChI is InChI=1S/C30H30N2O5S/c1-30(2)25-14-5-7-16-27(25)31(3)28(30)19-23(33)20-37-29(34)22-11-8-13-24(18-22)38(35,36)32-17-9-12-21-10-4-6-15-26(21)32/h4-8,10-11,13-16,18-19H,9,12,17,20H2,1-3H3. The van der Waals surface area contributed by atoms with Gasteiger partial charge in [0.05, 0.1) is 16.1 Å². The van der Waals surface area contributed by atoms with Gasteiger partial charge in [-0.05, 0) is 54.3 Å². The molecule has 0 saturated carbocycles. The van der Waals surface area contributed by atoms with Crippen LogP contribution in [0.1, 0.15) is 41.8 Å². The number of ether oxygens (including phenoxy) is 1. The van der Waals surface area contributed by atoms with E-state index in [1.165, 1.54) is 34.6 Å². The first-order valence-electron chi connectivity index (χ1n) is 12.6. The number of hydrogen-bond acceptors (Lipinski definition) is 6. The maximum atomic E-state index is 13.5. The number of carbonyl (C=O) groups is 2. The van der Waals surface area contributed by atoms with Gasteiger partial charge in [-0.1, -0.05) is 56.3 Å². The number of esters is 1. The van der Waals surface area contributed by atoms with Crippen molar-refractivity contribution in [2.24, 2.45) is 0 Å². The van der Waals surface area contributed by atoms with Gasteiger partial charge in [0, 0.05) is 36.5 Å². The summed E-state index contributed by atoms with van der Waals surface area (Å²) >= 11 is 0. The zero-order valence-electron chi connectivity index (χ0n) is 21.7. The molecule has 0 radical (unpaired) electrons. The third kappa shape index (κ3) is 4.49. The Kier molecular flexibility index (Phi) is 6.61. The summed E-state index contributed by atoms with van der Waals surface area (Å²) in [6.45, 7) is 4.02. The van der Waals surface area contributed by atoms with Gasteiger partial charge in [-0.25, -0.2) is 13.2 Å². The number of aryl methyl sites for hydroxylation is 1. The molecule has 0 aromatic heterocycles. The van der Waals surface area contributed by atoms with E-state index in [0.29, 0.717) is 18.7 Å². The van der Waals surface area contributed by atoms with Crippen molar-refractivity contribution in [2.75, 3.05) is 29.4 Å². The number of para-hydroxylation sites is 2. The normalized spacial score (nSPS) is 17.2. The first-order chi connectivity index (χ1) is 18.1. The molecule has 0 bridgehead atoms. The van der Waals surface area contributed by atoms with E-state index in [1.54, 1.807) is 6.07 Å². The Labute approximate surface area is 223 Å². The van der Waals surface area contributed by atoms with Crippen LogP contribution in [-0.2, 0) is 31.4 Å². The second-order valence-electron chi connectivity index (χ2n) is 10.1. The Bertz CT molecular complexity index is 1560. The molecule has 3 aromatic carbocycles. The van der Waals surface area contributed by atoms with Crippen LogP contribution in [0.4, 0.5) is 11.4 Å². The molecule has 196 valence electrons. The molecule has 2 aliphatic heterocycles. The first kappa shape index (κ1) is 25.7.